The molecular weight excluding hydrogens is 252 g/mol. The molecule has 4 rings (SSSR count). The smallest absolute Gasteiger partial charge is 0.337 e. The number of carboxylic acids is 1. The fourth-order valence-corrected chi connectivity index (χ4v) is 3.15. The maximum Gasteiger partial charge on any atom is 0.337 e. The van der Waals surface area contributed by atoms with Crippen molar-refractivity contribution in [1.29, 1.82) is 0 Å². The Labute approximate surface area is 117 Å². The van der Waals surface area contributed by atoms with E-state index in [9.17, 15) is 9.90 Å². The molecule has 0 unspecified atom stereocenters. The Bertz CT molecular complexity index is 681. The Morgan fingerprint density at radius 2 is 2.10 bits per heavy atom. The van der Waals surface area contributed by atoms with Crippen molar-refractivity contribution in [3.63, 3.8) is 0 Å². The van der Waals surface area contributed by atoms with Crippen molar-refractivity contribution in [2.75, 3.05) is 0 Å². The number of rotatable bonds is 4. The van der Waals surface area contributed by atoms with Crippen LogP contribution >= 0.6 is 0 Å². The first-order valence-electron chi connectivity index (χ1n) is 7.46. The molecule has 1 N–H and O–H groups in total. The van der Waals surface area contributed by atoms with Crippen LogP contribution in [0.1, 0.15) is 54.2 Å². The minimum absolute atomic E-state index is 0.390. The first kappa shape index (κ1) is 11.9. The van der Waals surface area contributed by atoms with Crippen molar-refractivity contribution in [3.8, 4) is 0 Å². The Morgan fingerprint density at radius 1 is 1.30 bits per heavy atom. The van der Waals surface area contributed by atoms with Crippen LogP contribution in [0.3, 0.4) is 0 Å². The maximum atomic E-state index is 11.5. The second-order valence-corrected chi connectivity index (χ2v) is 6.13. The van der Waals surface area contributed by atoms with Gasteiger partial charge in [-0.2, -0.15) is 0 Å². The molecule has 104 valence electrons. The lowest BCUT2D eigenvalue weighted by molar-refractivity contribution is 0.0698. The van der Waals surface area contributed by atoms with E-state index >= 15 is 0 Å². The Morgan fingerprint density at radius 3 is 2.70 bits per heavy atom. The van der Waals surface area contributed by atoms with Crippen molar-refractivity contribution < 1.29 is 9.90 Å². The Hall–Kier alpha value is -1.84. The molecule has 0 radical (unpaired) electrons. The van der Waals surface area contributed by atoms with Gasteiger partial charge in [-0.15, -0.1) is 0 Å². The quantitative estimate of drug-likeness (QED) is 0.926. The molecule has 1 aromatic carbocycles. The first-order chi connectivity index (χ1) is 9.74. The molecule has 2 fully saturated rings. The van der Waals surface area contributed by atoms with Crippen LogP contribution in [-0.2, 0) is 6.54 Å². The molecule has 4 nitrogen and oxygen atoms in total. The summed E-state index contributed by atoms with van der Waals surface area (Å²) < 4.78 is 2.21. The van der Waals surface area contributed by atoms with Gasteiger partial charge in [0, 0.05) is 12.5 Å². The maximum absolute atomic E-state index is 11.5. The summed E-state index contributed by atoms with van der Waals surface area (Å²) in [6.07, 6.45) is 6.21. The summed E-state index contributed by atoms with van der Waals surface area (Å²) in [5.74, 6) is 1.50. The van der Waals surface area contributed by atoms with Crippen molar-refractivity contribution in [1.82, 2.24) is 9.55 Å². The van der Waals surface area contributed by atoms with Crippen LogP contribution < -0.4 is 0 Å². The largest absolute Gasteiger partial charge is 0.478 e. The third kappa shape index (κ3) is 1.82. The number of fused-ring (bicyclic) bond motifs is 1. The van der Waals surface area contributed by atoms with E-state index in [1.165, 1.54) is 32.1 Å². The molecule has 1 heterocycles. The van der Waals surface area contributed by atoms with Crippen molar-refractivity contribution in [2.45, 2.75) is 44.6 Å². The van der Waals surface area contributed by atoms with Crippen LogP contribution in [0.15, 0.2) is 18.2 Å². The standard InChI is InChI=1S/C16H18N2O2/c19-16(20)12-5-2-6-13-14(12)18(9-10-3-1-4-10)15(17-13)11-7-8-11/h2,5-6,10-11H,1,3-4,7-9H2,(H,19,20). The molecule has 0 aliphatic heterocycles. The first-order valence-corrected chi connectivity index (χ1v) is 7.46. The van der Waals surface area contributed by atoms with Crippen molar-refractivity contribution >= 4 is 17.0 Å². The second-order valence-electron chi connectivity index (χ2n) is 6.13. The number of imidazole rings is 1. The Kier molecular flexibility index (Phi) is 2.59. The van der Waals surface area contributed by atoms with Crippen LogP contribution in [0.4, 0.5) is 0 Å². The van der Waals surface area contributed by atoms with Gasteiger partial charge in [0.25, 0.3) is 0 Å². The lowest BCUT2D eigenvalue weighted by Crippen LogP contribution is -2.20. The van der Waals surface area contributed by atoms with Gasteiger partial charge in [0.2, 0.25) is 0 Å². The number of hydrogen-bond donors (Lipinski definition) is 1. The minimum Gasteiger partial charge on any atom is -0.478 e. The van der Waals surface area contributed by atoms with Gasteiger partial charge < -0.3 is 9.67 Å². The topological polar surface area (TPSA) is 55.1 Å². The van der Waals surface area contributed by atoms with E-state index in [4.69, 9.17) is 4.98 Å². The lowest BCUT2D eigenvalue weighted by Gasteiger charge is -2.27. The molecule has 2 aliphatic carbocycles. The summed E-state index contributed by atoms with van der Waals surface area (Å²) >= 11 is 0. The van der Waals surface area contributed by atoms with Gasteiger partial charge in [0.15, 0.2) is 0 Å². The van der Waals surface area contributed by atoms with E-state index in [1.54, 1.807) is 12.1 Å². The van der Waals surface area contributed by atoms with Gasteiger partial charge in [-0.25, -0.2) is 9.78 Å². The molecule has 2 saturated carbocycles. The molecule has 1 aromatic heterocycles. The highest BCUT2D eigenvalue weighted by atomic mass is 16.4. The van der Waals surface area contributed by atoms with E-state index in [2.05, 4.69) is 4.57 Å². The molecule has 0 saturated heterocycles. The fraction of sp³-hybridized carbons (Fsp3) is 0.500. The highest BCUT2D eigenvalue weighted by molar-refractivity contribution is 6.01. The predicted molar refractivity (Wildman–Crippen MR) is 76.0 cm³/mol. The number of carboxylic acid groups (broad SMARTS) is 1. The molecular formula is C16H18N2O2. The van der Waals surface area contributed by atoms with E-state index in [0.717, 1.165) is 23.4 Å². The van der Waals surface area contributed by atoms with Gasteiger partial charge in [-0.3, -0.25) is 0 Å². The Balaban J connectivity index is 1.89. The number of para-hydroxylation sites is 1. The van der Waals surface area contributed by atoms with Gasteiger partial charge in [0.1, 0.15) is 5.82 Å². The summed E-state index contributed by atoms with van der Waals surface area (Å²) in [5, 5.41) is 9.43. The summed E-state index contributed by atoms with van der Waals surface area (Å²) in [5.41, 5.74) is 2.06. The van der Waals surface area contributed by atoms with Crippen LogP contribution in [0.5, 0.6) is 0 Å². The minimum atomic E-state index is -0.854. The second kappa shape index (κ2) is 4.33. The highest BCUT2D eigenvalue weighted by Crippen LogP contribution is 2.42. The summed E-state index contributed by atoms with van der Waals surface area (Å²) in [7, 11) is 0. The summed E-state index contributed by atoms with van der Waals surface area (Å²) in [4.78, 5) is 16.2. The number of aromatic carboxylic acids is 1. The van der Waals surface area contributed by atoms with Crippen molar-refractivity contribution in [3.05, 3.63) is 29.6 Å². The molecule has 4 heteroatoms. The van der Waals surface area contributed by atoms with E-state index in [0.29, 0.717) is 17.4 Å². The zero-order valence-corrected chi connectivity index (χ0v) is 11.4. The number of aromatic nitrogens is 2. The monoisotopic (exact) mass is 270 g/mol. The highest BCUT2D eigenvalue weighted by Gasteiger charge is 2.32. The third-order valence-corrected chi connectivity index (χ3v) is 4.63. The number of carbonyl (C=O) groups is 1. The van der Waals surface area contributed by atoms with Crippen molar-refractivity contribution in [2.24, 2.45) is 5.92 Å². The van der Waals surface area contributed by atoms with Gasteiger partial charge in [0.05, 0.1) is 16.6 Å². The summed E-state index contributed by atoms with van der Waals surface area (Å²) in [6, 6.07) is 5.42. The molecule has 20 heavy (non-hydrogen) atoms. The average molecular weight is 270 g/mol. The predicted octanol–water partition coefficient (Wildman–Crippen LogP) is 3.41. The molecule has 0 bridgehead atoms. The van der Waals surface area contributed by atoms with Gasteiger partial charge >= 0.3 is 5.97 Å². The zero-order chi connectivity index (χ0) is 13.7. The lowest BCUT2D eigenvalue weighted by atomic mass is 9.85. The SMILES string of the molecule is O=C(O)c1cccc2nc(C3CC3)n(CC3CCC3)c12. The normalized spacial score (nSPS) is 19.2. The number of benzene rings is 1. The van der Waals surface area contributed by atoms with E-state index in [1.807, 2.05) is 6.07 Å². The molecule has 0 atom stereocenters. The average Bonchev–Trinajstić information content (AvgIpc) is 3.15. The van der Waals surface area contributed by atoms with Gasteiger partial charge in [-0.05, 0) is 43.7 Å². The molecule has 0 spiro atoms. The van der Waals surface area contributed by atoms with Crippen LogP contribution in [0, 0.1) is 5.92 Å². The number of hydrogen-bond acceptors (Lipinski definition) is 2. The van der Waals surface area contributed by atoms with E-state index < -0.39 is 5.97 Å². The van der Waals surface area contributed by atoms with Crippen LogP contribution in [0.2, 0.25) is 0 Å². The third-order valence-electron chi connectivity index (χ3n) is 4.63. The van der Waals surface area contributed by atoms with Gasteiger partial charge in [-0.1, -0.05) is 12.5 Å². The van der Waals surface area contributed by atoms with Crippen LogP contribution in [0.25, 0.3) is 11.0 Å². The molecule has 2 aromatic rings. The molecule has 2 aliphatic rings. The number of nitrogens with zero attached hydrogens (tertiary/aromatic N) is 2. The zero-order valence-electron chi connectivity index (χ0n) is 11.4. The summed E-state index contributed by atoms with van der Waals surface area (Å²) in [6.45, 7) is 0.937. The fourth-order valence-electron chi connectivity index (χ4n) is 3.15. The molecule has 0 amide bonds. The van der Waals surface area contributed by atoms with Crippen LogP contribution in [-0.4, -0.2) is 20.6 Å². The van der Waals surface area contributed by atoms with E-state index in [-0.39, 0.29) is 0 Å².